The lowest BCUT2D eigenvalue weighted by Crippen LogP contribution is -2.60. The molecule has 3 aliphatic rings. The van der Waals surface area contributed by atoms with Gasteiger partial charge in [-0.25, -0.2) is 4.98 Å². The van der Waals surface area contributed by atoms with Crippen LogP contribution >= 0.6 is 0 Å². The first-order chi connectivity index (χ1) is 19.2. The van der Waals surface area contributed by atoms with Crippen molar-refractivity contribution in [2.24, 2.45) is 23.7 Å². The topological polar surface area (TPSA) is 87.5 Å². The quantitative estimate of drug-likeness (QED) is 0.607. The number of hydrogen-bond donors (Lipinski definition) is 1. The molecule has 1 N–H and O–H groups in total. The molecule has 5 rings (SSSR count). The maximum atomic E-state index is 13.6. The number of piperidine rings is 2. The van der Waals surface area contributed by atoms with E-state index in [1.165, 1.54) is 0 Å². The molecule has 1 aromatic heterocycles. The number of hydrogen-bond acceptors (Lipinski definition) is 4. The minimum Gasteiger partial charge on any atom is -0.353 e. The van der Waals surface area contributed by atoms with E-state index in [2.05, 4.69) is 51.5 Å². The number of nitrogens with zero attached hydrogens (tertiary/aromatic N) is 4. The van der Waals surface area contributed by atoms with Gasteiger partial charge in [0.1, 0.15) is 5.82 Å². The predicted octanol–water partition coefficient (Wildman–Crippen LogP) is 4.54. The van der Waals surface area contributed by atoms with Crippen molar-refractivity contribution in [3.63, 3.8) is 0 Å². The molecule has 218 valence electrons. The number of likely N-dealkylation sites (tertiary alicyclic amines) is 1. The van der Waals surface area contributed by atoms with Crippen LogP contribution in [0.4, 0.5) is 0 Å². The SMILES string of the molecule is Cc1nc2ccccc2n1CCC(=O)N1C[C@@H]2C[C@@H](C1)[C@@H]1CCCC(=O)N[C@H](C(C)C)CC[C@@H](C)CC(=O)N1C2. The number of aromatic nitrogens is 2. The van der Waals surface area contributed by atoms with Crippen LogP contribution in [0.5, 0.6) is 0 Å². The highest BCUT2D eigenvalue weighted by atomic mass is 16.2. The van der Waals surface area contributed by atoms with E-state index in [4.69, 9.17) is 0 Å². The monoisotopic (exact) mass is 549 g/mol. The van der Waals surface area contributed by atoms with E-state index in [1.54, 1.807) is 0 Å². The Bertz CT molecular complexity index is 1220. The maximum absolute atomic E-state index is 13.6. The van der Waals surface area contributed by atoms with Gasteiger partial charge in [-0.15, -0.1) is 0 Å². The minimum absolute atomic E-state index is 0.0980. The number of carbonyl (C=O) groups excluding carboxylic acids is 3. The standard InChI is InChI=1S/C32H47N5O3/c1-21(2)26-13-12-22(3)16-32(40)37-19-24-17-25(28(37)10-7-11-30(38)34-26)20-35(18-24)31(39)14-15-36-23(4)33-27-8-5-6-9-29(27)36/h5-6,8-9,21-22,24-26,28H,7,10-20H2,1-4H3,(H,34,38)/t22-,24+,25+,26+,28+/m1/s1. The van der Waals surface area contributed by atoms with Crippen molar-refractivity contribution in [2.45, 2.75) is 97.7 Å². The zero-order valence-corrected chi connectivity index (χ0v) is 24.8. The van der Waals surface area contributed by atoms with E-state index in [-0.39, 0.29) is 41.6 Å². The number of rotatable bonds is 4. The summed E-state index contributed by atoms with van der Waals surface area (Å²) in [6.07, 6.45) is 6.00. The molecule has 0 aliphatic carbocycles. The van der Waals surface area contributed by atoms with Crippen LogP contribution in [0, 0.1) is 30.6 Å². The van der Waals surface area contributed by atoms with E-state index in [1.807, 2.05) is 25.1 Å². The van der Waals surface area contributed by atoms with Crippen LogP contribution in [0.2, 0.25) is 0 Å². The first-order valence-corrected chi connectivity index (χ1v) is 15.5. The van der Waals surface area contributed by atoms with Gasteiger partial charge < -0.3 is 19.7 Å². The fraction of sp³-hybridized carbons (Fsp3) is 0.688. The highest BCUT2D eigenvalue weighted by Crippen LogP contribution is 2.37. The summed E-state index contributed by atoms with van der Waals surface area (Å²) in [6.45, 7) is 11.3. The summed E-state index contributed by atoms with van der Waals surface area (Å²) < 4.78 is 2.14. The van der Waals surface area contributed by atoms with Crippen molar-refractivity contribution in [1.82, 2.24) is 24.7 Å². The first-order valence-electron chi connectivity index (χ1n) is 15.5. The van der Waals surface area contributed by atoms with Gasteiger partial charge in [0.15, 0.2) is 0 Å². The van der Waals surface area contributed by atoms with Crippen molar-refractivity contribution in [3.05, 3.63) is 30.1 Å². The number of amides is 3. The molecule has 5 atom stereocenters. The van der Waals surface area contributed by atoms with Gasteiger partial charge in [-0.1, -0.05) is 32.9 Å². The number of aryl methyl sites for hydroxylation is 2. The van der Waals surface area contributed by atoms with Crippen LogP contribution < -0.4 is 5.32 Å². The number of para-hydroxylation sites is 2. The average molecular weight is 550 g/mol. The first kappa shape index (κ1) is 28.6. The van der Waals surface area contributed by atoms with Gasteiger partial charge in [-0.2, -0.15) is 0 Å². The Labute approximate surface area is 238 Å². The molecule has 3 aliphatic heterocycles. The van der Waals surface area contributed by atoms with Crippen LogP contribution in [0.25, 0.3) is 11.0 Å². The van der Waals surface area contributed by atoms with Gasteiger partial charge in [0.05, 0.1) is 11.0 Å². The number of fused-ring (bicyclic) bond motifs is 5. The lowest BCUT2D eigenvalue weighted by atomic mass is 9.77. The predicted molar refractivity (Wildman–Crippen MR) is 156 cm³/mol. The molecule has 3 saturated heterocycles. The van der Waals surface area contributed by atoms with Crippen LogP contribution in [0.1, 0.15) is 78.0 Å². The third kappa shape index (κ3) is 6.36. The van der Waals surface area contributed by atoms with Crippen molar-refractivity contribution < 1.29 is 14.4 Å². The molecule has 0 radical (unpaired) electrons. The van der Waals surface area contributed by atoms with Gasteiger partial charge in [-0.05, 0) is 74.8 Å². The highest BCUT2D eigenvalue weighted by molar-refractivity contribution is 5.79. The van der Waals surface area contributed by atoms with E-state index in [0.717, 1.165) is 62.1 Å². The third-order valence-corrected chi connectivity index (χ3v) is 9.59. The molecular formula is C32H47N5O3. The van der Waals surface area contributed by atoms with E-state index >= 15 is 0 Å². The molecule has 4 heterocycles. The number of imidazole rings is 1. The number of carbonyl (C=O) groups is 3. The van der Waals surface area contributed by atoms with E-state index in [0.29, 0.717) is 44.2 Å². The van der Waals surface area contributed by atoms with Crippen LogP contribution in [-0.4, -0.2) is 68.8 Å². The van der Waals surface area contributed by atoms with Crippen LogP contribution in [0.15, 0.2) is 24.3 Å². The Balaban J connectivity index is 1.26. The normalized spacial score (nSPS) is 28.5. The lowest BCUT2D eigenvalue weighted by molar-refractivity contribution is -0.146. The van der Waals surface area contributed by atoms with Gasteiger partial charge >= 0.3 is 0 Å². The van der Waals surface area contributed by atoms with Crippen molar-refractivity contribution >= 4 is 28.8 Å². The number of nitrogens with one attached hydrogen (secondary N) is 1. The Hall–Kier alpha value is -2.90. The van der Waals surface area contributed by atoms with Gasteiger partial charge in [0, 0.05) is 57.5 Å². The minimum atomic E-state index is 0.0980. The summed E-state index contributed by atoms with van der Waals surface area (Å²) in [5.41, 5.74) is 2.03. The highest BCUT2D eigenvalue weighted by Gasteiger charge is 2.43. The smallest absolute Gasteiger partial charge is 0.224 e. The molecule has 1 aromatic carbocycles. The summed E-state index contributed by atoms with van der Waals surface area (Å²) in [4.78, 5) is 48.7. The largest absolute Gasteiger partial charge is 0.353 e. The Morgan fingerprint density at radius 1 is 1.10 bits per heavy atom. The van der Waals surface area contributed by atoms with Crippen molar-refractivity contribution in [3.8, 4) is 0 Å². The summed E-state index contributed by atoms with van der Waals surface area (Å²) >= 11 is 0. The van der Waals surface area contributed by atoms with Crippen LogP contribution in [-0.2, 0) is 20.9 Å². The molecule has 3 fully saturated rings. The second-order valence-corrected chi connectivity index (χ2v) is 13.0. The fourth-order valence-electron chi connectivity index (χ4n) is 7.36. The molecular weight excluding hydrogens is 502 g/mol. The van der Waals surface area contributed by atoms with Crippen LogP contribution in [0.3, 0.4) is 0 Å². The zero-order valence-electron chi connectivity index (χ0n) is 24.8. The second-order valence-electron chi connectivity index (χ2n) is 13.0. The molecule has 0 saturated carbocycles. The average Bonchev–Trinajstić information content (AvgIpc) is 3.24. The summed E-state index contributed by atoms with van der Waals surface area (Å²) in [5, 5.41) is 3.27. The second kappa shape index (κ2) is 12.3. The van der Waals surface area contributed by atoms with Crippen molar-refractivity contribution in [2.75, 3.05) is 19.6 Å². The molecule has 2 bridgehead atoms. The lowest BCUT2D eigenvalue weighted by Gasteiger charge is -2.51. The summed E-state index contributed by atoms with van der Waals surface area (Å²) in [5.74, 6) is 2.75. The number of benzene rings is 1. The Morgan fingerprint density at radius 2 is 1.90 bits per heavy atom. The van der Waals surface area contributed by atoms with Gasteiger partial charge in [0.2, 0.25) is 17.7 Å². The Morgan fingerprint density at radius 3 is 2.70 bits per heavy atom. The molecule has 8 nitrogen and oxygen atoms in total. The molecule has 40 heavy (non-hydrogen) atoms. The van der Waals surface area contributed by atoms with Crippen molar-refractivity contribution in [1.29, 1.82) is 0 Å². The van der Waals surface area contributed by atoms with E-state index < -0.39 is 0 Å². The zero-order chi connectivity index (χ0) is 28.4. The van der Waals surface area contributed by atoms with Gasteiger partial charge in [-0.3, -0.25) is 14.4 Å². The fourth-order valence-corrected chi connectivity index (χ4v) is 7.36. The molecule has 0 unspecified atom stereocenters. The maximum Gasteiger partial charge on any atom is 0.224 e. The molecule has 0 spiro atoms. The molecule has 8 heteroatoms. The molecule has 3 amide bonds. The third-order valence-electron chi connectivity index (χ3n) is 9.59. The summed E-state index contributed by atoms with van der Waals surface area (Å²) in [7, 11) is 0. The molecule has 2 aromatic rings. The summed E-state index contributed by atoms with van der Waals surface area (Å²) in [6, 6.07) is 8.34. The van der Waals surface area contributed by atoms with Gasteiger partial charge in [0.25, 0.3) is 0 Å². The van der Waals surface area contributed by atoms with E-state index in [9.17, 15) is 14.4 Å². The Kier molecular flexibility index (Phi) is 8.81.